The van der Waals surface area contributed by atoms with Crippen molar-refractivity contribution in [2.45, 2.75) is 51.7 Å². The number of rotatable bonds is 12. The van der Waals surface area contributed by atoms with Gasteiger partial charge in [-0.1, -0.05) is 43.2 Å². The molecule has 0 amide bonds. The maximum atomic E-state index is 11.3. The van der Waals surface area contributed by atoms with Crippen molar-refractivity contribution in [2.75, 3.05) is 0 Å². The second kappa shape index (κ2) is 9.90. The summed E-state index contributed by atoms with van der Waals surface area (Å²) in [5.41, 5.74) is -0.204. The van der Waals surface area contributed by atoms with Crippen LogP contribution in [0.25, 0.3) is 0 Å². The molecule has 0 spiro atoms. The molecule has 23 heavy (non-hydrogen) atoms. The molecule has 0 bridgehead atoms. The summed E-state index contributed by atoms with van der Waals surface area (Å²) in [6.07, 6.45) is 3.45. The lowest BCUT2D eigenvalue weighted by molar-refractivity contribution is -0.137. The van der Waals surface area contributed by atoms with Gasteiger partial charge in [0.25, 0.3) is 0 Å². The van der Waals surface area contributed by atoms with Crippen molar-refractivity contribution in [3.63, 3.8) is 0 Å². The van der Waals surface area contributed by atoms with Crippen LogP contribution in [-0.2, 0) is 25.7 Å². The Morgan fingerprint density at radius 1 is 1.17 bits per heavy atom. The minimum absolute atomic E-state index is 0.133. The lowest BCUT2D eigenvalue weighted by Gasteiger charge is -2.28. The minimum Gasteiger partial charge on any atom is -0.481 e. The standard InChI is InChI=1S/C18H24O5/c1-18(13-19,14-20)16(10-6-3-7-11-17(21)22)23-12-15-8-4-2-5-9-15/h2,4-5,8-9,13-14,16H,3,6-7,10-12H2,1H3,(H,21,22). The van der Waals surface area contributed by atoms with Gasteiger partial charge in [0.2, 0.25) is 0 Å². The van der Waals surface area contributed by atoms with E-state index in [1.165, 1.54) is 0 Å². The number of carboxylic acid groups (broad SMARTS) is 1. The molecule has 0 heterocycles. The summed E-state index contributed by atoms with van der Waals surface area (Å²) >= 11 is 0. The fourth-order valence-electron chi connectivity index (χ4n) is 2.31. The number of aliphatic carboxylic acids is 1. The van der Waals surface area contributed by atoms with Crippen LogP contribution in [0.5, 0.6) is 0 Å². The summed E-state index contributed by atoms with van der Waals surface area (Å²) < 4.78 is 5.82. The molecule has 1 aromatic rings. The van der Waals surface area contributed by atoms with Crippen LogP contribution >= 0.6 is 0 Å². The van der Waals surface area contributed by atoms with E-state index in [-0.39, 0.29) is 6.42 Å². The van der Waals surface area contributed by atoms with Crippen molar-refractivity contribution in [3.8, 4) is 0 Å². The summed E-state index contributed by atoms with van der Waals surface area (Å²) in [6.45, 7) is 1.90. The molecule has 0 saturated heterocycles. The number of benzene rings is 1. The molecular formula is C18H24O5. The van der Waals surface area contributed by atoms with E-state index in [1.807, 2.05) is 30.3 Å². The third-order valence-electron chi connectivity index (χ3n) is 3.85. The Morgan fingerprint density at radius 2 is 1.83 bits per heavy atom. The first kappa shape index (κ1) is 19.0. The molecule has 0 fully saturated rings. The lowest BCUT2D eigenvalue weighted by Crippen LogP contribution is -2.37. The second-order valence-electron chi connectivity index (χ2n) is 5.88. The van der Waals surface area contributed by atoms with Gasteiger partial charge in [-0.2, -0.15) is 0 Å². The predicted octanol–water partition coefficient (Wildman–Crippen LogP) is 3.01. The number of carbonyl (C=O) groups is 3. The number of hydrogen-bond acceptors (Lipinski definition) is 4. The number of hydrogen-bond donors (Lipinski definition) is 1. The van der Waals surface area contributed by atoms with Crippen LogP contribution in [0.3, 0.4) is 0 Å². The molecule has 0 aromatic heterocycles. The van der Waals surface area contributed by atoms with Gasteiger partial charge in [-0.3, -0.25) is 4.79 Å². The van der Waals surface area contributed by atoms with E-state index in [4.69, 9.17) is 9.84 Å². The summed E-state index contributed by atoms with van der Waals surface area (Å²) in [5, 5.41) is 8.62. The maximum absolute atomic E-state index is 11.3. The molecule has 5 heteroatoms. The van der Waals surface area contributed by atoms with E-state index >= 15 is 0 Å². The molecule has 0 saturated carbocycles. The summed E-state index contributed by atoms with van der Waals surface area (Å²) in [5.74, 6) is -0.813. The van der Waals surface area contributed by atoms with Crippen LogP contribution in [-0.4, -0.2) is 29.8 Å². The lowest BCUT2D eigenvalue weighted by atomic mass is 9.84. The van der Waals surface area contributed by atoms with Crippen molar-refractivity contribution in [1.82, 2.24) is 0 Å². The quantitative estimate of drug-likeness (QED) is 0.364. The van der Waals surface area contributed by atoms with Crippen molar-refractivity contribution in [2.24, 2.45) is 5.41 Å². The Balaban J connectivity index is 2.57. The molecule has 1 aromatic carbocycles. The molecule has 5 nitrogen and oxygen atoms in total. The smallest absolute Gasteiger partial charge is 0.303 e. The highest BCUT2D eigenvalue weighted by molar-refractivity contribution is 5.83. The second-order valence-corrected chi connectivity index (χ2v) is 5.88. The Bertz CT molecular complexity index is 489. The fraction of sp³-hybridized carbons (Fsp3) is 0.500. The highest BCUT2D eigenvalue weighted by Crippen LogP contribution is 2.25. The first-order chi connectivity index (χ1) is 11.0. The van der Waals surface area contributed by atoms with Gasteiger partial charge in [0.05, 0.1) is 12.7 Å². The van der Waals surface area contributed by atoms with Crippen molar-refractivity contribution < 1.29 is 24.2 Å². The SMILES string of the molecule is CC(C=O)(C=O)C(CCCCCC(=O)O)OCc1ccccc1. The van der Waals surface area contributed by atoms with E-state index in [0.717, 1.165) is 12.0 Å². The molecule has 126 valence electrons. The number of carboxylic acids is 1. The van der Waals surface area contributed by atoms with Gasteiger partial charge in [0.15, 0.2) is 0 Å². The molecule has 1 atom stereocenters. The first-order valence-electron chi connectivity index (χ1n) is 7.82. The van der Waals surface area contributed by atoms with E-state index in [9.17, 15) is 14.4 Å². The van der Waals surface area contributed by atoms with Crippen molar-refractivity contribution in [1.29, 1.82) is 0 Å². The van der Waals surface area contributed by atoms with Gasteiger partial charge in [-0.25, -0.2) is 0 Å². The van der Waals surface area contributed by atoms with Gasteiger partial charge in [-0.15, -0.1) is 0 Å². The highest BCUT2D eigenvalue weighted by atomic mass is 16.5. The number of unbranched alkanes of at least 4 members (excludes halogenated alkanes) is 2. The summed E-state index contributed by atoms with van der Waals surface area (Å²) in [6, 6.07) is 9.55. The van der Waals surface area contributed by atoms with Gasteiger partial charge in [0.1, 0.15) is 18.0 Å². The van der Waals surface area contributed by atoms with Gasteiger partial charge in [-0.05, 0) is 25.3 Å². The first-order valence-corrected chi connectivity index (χ1v) is 7.82. The Hall–Kier alpha value is -2.01. The Kier molecular flexibility index (Phi) is 8.19. The molecule has 1 rings (SSSR count). The minimum atomic E-state index is -1.18. The Morgan fingerprint density at radius 3 is 2.39 bits per heavy atom. The molecule has 0 aliphatic carbocycles. The molecule has 0 radical (unpaired) electrons. The molecule has 1 N–H and O–H groups in total. The van der Waals surface area contributed by atoms with Crippen LogP contribution in [0.2, 0.25) is 0 Å². The fourth-order valence-corrected chi connectivity index (χ4v) is 2.31. The maximum Gasteiger partial charge on any atom is 0.303 e. The van der Waals surface area contributed by atoms with Crippen LogP contribution in [0.1, 0.15) is 44.6 Å². The van der Waals surface area contributed by atoms with Crippen molar-refractivity contribution >= 4 is 18.5 Å². The predicted molar refractivity (Wildman–Crippen MR) is 86.0 cm³/mol. The highest BCUT2D eigenvalue weighted by Gasteiger charge is 2.34. The zero-order chi connectivity index (χ0) is 17.1. The van der Waals surface area contributed by atoms with E-state index in [0.29, 0.717) is 38.4 Å². The van der Waals surface area contributed by atoms with E-state index in [1.54, 1.807) is 6.92 Å². The van der Waals surface area contributed by atoms with E-state index in [2.05, 4.69) is 0 Å². The number of carbonyl (C=O) groups excluding carboxylic acids is 2. The topological polar surface area (TPSA) is 80.7 Å². The van der Waals surface area contributed by atoms with Crippen LogP contribution in [0.4, 0.5) is 0 Å². The van der Waals surface area contributed by atoms with Gasteiger partial charge >= 0.3 is 5.97 Å². The van der Waals surface area contributed by atoms with E-state index < -0.39 is 17.5 Å². The average Bonchev–Trinajstić information content (AvgIpc) is 2.57. The van der Waals surface area contributed by atoms with Crippen LogP contribution < -0.4 is 0 Å². The number of aldehydes is 2. The molecule has 0 aliphatic heterocycles. The zero-order valence-corrected chi connectivity index (χ0v) is 13.4. The Labute approximate surface area is 136 Å². The normalized spacial score (nSPS) is 12.6. The van der Waals surface area contributed by atoms with Gasteiger partial charge in [0, 0.05) is 6.42 Å². The van der Waals surface area contributed by atoms with Crippen LogP contribution in [0.15, 0.2) is 30.3 Å². The third-order valence-corrected chi connectivity index (χ3v) is 3.85. The number of ether oxygens (including phenoxy) is 1. The van der Waals surface area contributed by atoms with Gasteiger partial charge < -0.3 is 19.4 Å². The molecule has 1 unspecified atom stereocenters. The molecular weight excluding hydrogens is 296 g/mol. The monoisotopic (exact) mass is 320 g/mol. The zero-order valence-electron chi connectivity index (χ0n) is 13.4. The molecule has 0 aliphatic rings. The van der Waals surface area contributed by atoms with Crippen LogP contribution in [0, 0.1) is 5.41 Å². The van der Waals surface area contributed by atoms with Crippen molar-refractivity contribution in [3.05, 3.63) is 35.9 Å². The third kappa shape index (κ3) is 6.74. The summed E-state index contributed by atoms with van der Waals surface area (Å²) in [4.78, 5) is 33.1. The average molecular weight is 320 g/mol. The summed E-state index contributed by atoms with van der Waals surface area (Å²) in [7, 11) is 0. The largest absolute Gasteiger partial charge is 0.481 e.